The van der Waals surface area contributed by atoms with Crippen LogP contribution in [0, 0.1) is 11.6 Å². The van der Waals surface area contributed by atoms with Crippen molar-refractivity contribution in [3.63, 3.8) is 0 Å². The summed E-state index contributed by atoms with van der Waals surface area (Å²) < 4.78 is 30.5. The van der Waals surface area contributed by atoms with E-state index in [1.807, 2.05) is 17.5 Å². The first-order valence-corrected chi connectivity index (χ1v) is 7.35. The Morgan fingerprint density at radius 1 is 1.18 bits per heavy atom. The van der Waals surface area contributed by atoms with E-state index in [2.05, 4.69) is 5.32 Å². The Balaban J connectivity index is 1.72. The molecule has 1 N–H and O–H groups in total. The number of thiophene rings is 1. The Kier molecular flexibility index (Phi) is 5.60. The summed E-state index contributed by atoms with van der Waals surface area (Å²) in [6, 6.07) is 6.77. The first-order chi connectivity index (χ1) is 10.5. The average molecular weight is 325 g/mol. The Morgan fingerprint density at radius 2 is 2.00 bits per heavy atom. The van der Waals surface area contributed by atoms with Crippen molar-refractivity contribution in [2.75, 3.05) is 11.9 Å². The second-order valence-corrected chi connectivity index (χ2v) is 5.45. The molecule has 1 aromatic carbocycles. The Hall–Kier alpha value is -2.28. The lowest BCUT2D eigenvalue weighted by atomic mass is 10.3. The SMILES string of the molecule is O=C(COC(=O)CCc1cccs1)Nc1ccc(F)c(F)c1. The first kappa shape index (κ1) is 16.1. The number of esters is 1. The summed E-state index contributed by atoms with van der Waals surface area (Å²) >= 11 is 1.54. The van der Waals surface area contributed by atoms with Crippen molar-refractivity contribution in [1.29, 1.82) is 0 Å². The summed E-state index contributed by atoms with van der Waals surface area (Å²) in [5.74, 6) is -3.17. The predicted molar refractivity (Wildman–Crippen MR) is 78.6 cm³/mol. The Labute approximate surface area is 129 Å². The lowest BCUT2D eigenvalue weighted by Gasteiger charge is -2.06. The number of halogens is 2. The van der Waals surface area contributed by atoms with E-state index >= 15 is 0 Å². The molecule has 1 heterocycles. The molecule has 116 valence electrons. The molecule has 0 aliphatic carbocycles. The molecule has 0 saturated heterocycles. The number of carbonyl (C=O) groups is 2. The molecule has 0 radical (unpaired) electrons. The fourth-order valence-corrected chi connectivity index (χ4v) is 2.38. The normalized spacial score (nSPS) is 10.3. The highest BCUT2D eigenvalue weighted by Gasteiger charge is 2.10. The van der Waals surface area contributed by atoms with Crippen molar-refractivity contribution in [3.05, 3.63) is 52.2 Å². The fraction of sp³-hybridized carbons (Fsp3) is 0.200. The minimum Gasteiger partial charge on any atom is -0.456 e. The van der Waals surface area contributed by atoms with Crippen LogP contribution in [-0.2, 0) is 20.7 Å². The molecule has 4 nitrogen and oxygen atoms in total. The third-order valence-electron chi connectivity index (χ3n) is 2.72. The van der Waals surface area contributed by atoms with Gasteiger partial charge in [0.1, 0.15) is 0 Å². The summed E-state index contributed by atoms with van der Waals surface area (Å²) in [5.41, 5.74) is 0.0959. The molecule has 0 fully saturated rings. The lowest BCUT2D eigenvalue weighted by Crippen LogP contribution is -2.21. The number of nitrogens with one attached hydrogen (secondary N) is 1. The van der Waals surface area contributed by atoms with Gasteiger partial charge in [-0.05, 0) is 30.0 Å². The van der Waals surface area contributed by atoms with Gasteiger partial charge in [0.15, 0.2) is 18.2 Å². The van der Waals surface area contributed by atoms with Crippen molar-refractivity contribution in [3.8, 4) is 0 Å². The van der Waals surface area contributed by atoms with Crippen LogP contribution in [0.15, 0.2) is 35.7 Å². The summed E-state index contributed by atoms with van der Waals surface area (Å²) in [6.45, 7) is -0.470. The molecule has 0 bridgehead atoms. The molecular weight excluding hydrogens is 312 g/mol. The second kappa shape index (κ2) is 7.65. The number of aryl methyl sites for hydroxylation is 1. The van der Waals surface area contributed by atoms with E-state index in [0.717, 1.165) is 17.0 Å². The molecule has 1 aromatic heterocycles. The maximum atomic E-state index is 13.0. The zero-order chi connectivity index (χ0) is 15.9. The summed E-state index contributed by atoms with van der Waals surface area (Å²) in [4.78, 5) is 24.1. The summed E-state index contributed by atoms with van der Waals surface area (Å²) in [7, 11) is 0. The van der Waals surface area contributed by atoms with Gasteiger partial charge in [-0.2, -0.15) is 0 Å². The number of carbonyl (C=O) groups excluding carboxylic acids is 2. The summed E-state index contributed by atoms with van der Waals surface area (Å²) in [6.07, 6.45) is 0.736. The highest BCUT2D eigenvalue weighted by molar-refractivity contribution is 7.09. The second-order valence-electron chi connectivity index (χ2n) is 4.42. The van der Waals surface area contributed by atoms with E-state index < -0.39 is 30.1 Å². The van der Waals surface area contributed by atoms with Crippen molar-refractivity contribution < 1.29 is 23.1 Å². The van der Waals surface area contributed by atoms with Gasteiger partial charge in [-0.1, -0.05) is 6.07 Å². The van der Waals surface area contributed by atoms with Gasteiger partial charge < -0.3 is 10.1 Å². The van der Waals surface area contributed by atoms with Crippen LogP contribution >= 0.6 is 11.3 Å². The minimum absolute atomic E-state index is 0.0959. The number of anilines is 1. The van der Waals surface area contributed by atoms with Gasteiger partial charge in [0.05, 0.1) is 6.42 Å². The van der Waals surface area contributed by atoms with Crippen LogP contribution in [0.1, 0.15) is 11.3 Å². The number of hydrogen-bond donors (Lipinski definition) is 1. The fourth-order valence-electron chi connectivity index (χ4n) is 1.67. The smallest absolute Gasteiger partial charge is 0.306 e. The van der Waals surface area contributed by atoms with Gasteiger partial charge in [-0.3, -0.25) is 9.59 Å². The zero-order valence-corrected chi connectivity index (χ0v) is 12.3. The first-order valence-electron chi connectivity index (χ1n) is 6.47. The van der Waals surface area contributed by atoms with Crippen LogP contribution in [0.2, 0.25) is 0 Å². The third-order valence-corrected chi connectivity index (χ3v) is 3.66. The van der Waals surface area contributed by atoms with Gasteiger partial charge in [0.25, 0.3) is 5.91 Å². The van der Waals surface area contributed by atoms with E-state index in [1.54, 1.807) is 11.3 Å². The quantitative estimate of drug-likeness (QED) is 0.830. The zero-order valence-electron chi connectivity index (χ0n) is 11.5. The van der Waals surface area contributed by atoms with Crippen LogP contribution in [0.3, 0.4) is 0 Å². The van der Waals surface area contributed by atoms with Crippen LogP contribution in [0.5, 0.6) is 0 Å². The van der Waals surface area contributed by atoms with Gasteiger partial charge in [-0.25, -0.2) is 8.78 Å². The van der Waals surface area contributed by atoms with E-state index in [1.165, 1.54) is 6.07 Å². The molecule has 22 heavy (non-hydrogen) atoms. The monoisotopic (exact) mass is 325 g/mol. The molecule has 1 amide bonds. The third kappa shape index (κ3) is 4.92. The highest BCUT2D eigenvalue weighted by atomic mass is 32.1. The van der Waals surface area contributed by atoms with Crippen molar-refractivity contribution in [2.24, 2.45) is 0 Å². The largest absolute Gasteiger partial charge is 0.456 e. The molecule has 0 atom stereocenters. The Morgan fingerprint density at radius 3 is 2.68 bits per heavy atom. The summed E-state index contributed by atoms with van der Waals surface area (Å²) in [5, 5.41) is 4.23. The topological polar surface area (TPSA) is 55.4 Å². The van der Waals surface area contributed by atoms with Gasteiger partial charge >= 0.3 is 5.97 Å². The van der Waals surface area contributed by atoms with Crippen LogP contribution in [0.25, 0.3) is 0 Å². The number of rotatable bonds is 6. The van der Waals surface area contributed by atoms with E-state index in [0.29, 0.717) is 6.42 Å². The minimum atomic E-state index is -1.06. The molecule has 7 heteroatoms. The number of benzene rings is 1. The highest BCUT2D eigenvalue weighted by Crippen LogP contribution is 2.13. The molecule has 0 aliphatic heterocycles. The van der Waals surface area contributed by atoms with Crippen molar-refractivity contribution in [2.45, 2.75) is 12.8 Å². The maximum absolute atomic E-state index is 13.0. The van der Waals surface area contributed by atoms with Gasteiger partial charge in [-0.15, -0.1) is 11.3 Å². The van der Waals surface area contributed by atoms with E-state index in [9.17, 15) is 18.4 Å². The van der Waals surface area contributed by atoms with Gasteiger partial charge in [0, 0.05) is 16.6 Å². The van der Waals surface area contributed by atoms with Crippen LogP contribution in [0.4, 0.5) is 14.5 Å². The molecule has 2 aromatic rings. The number of amides is 1. The standard InChI is InChI=1S/C15H13F2NO3S/c16-12-5-3-10(8-13(12)17)18-14(19)9-21-15(20)6-4-11-2-1-7-22-11/h1-3,5,7-8H,4,6,9H2,(H,18,19). The molecule has 0 aliphatic rings. The molecular formula is C15H13F2NO3S. The molecule has 0 spiro atoms. The van der Waals surface area contributed by atoms with E-state index in [-0.39, 0.29) is 12.1 Å². The molecule has 0 saturated carbocycles. The molecule has 0 unspecified atom stereocenters. The van der Waals surface area contributed by atoms with Crippen molar-refractivity contribution >= 4 is 28.9 Å². The van der Waals surface area contributed by atoms with E-state index in [4.69, 9.17) is 4.74 Å². The lowest BCUT2D eigenvalue weighted by molar-refractivity contribution is -0.147. The van der Waals surface area contributed by atoms with Crippen LogP contribution < -0.4 is 5.32 Å². The number of ether oxygens (including phenoxy) is 1. The van der Waals surface area contributed by atoms with Gasteiger partial charge in [0.2, 0.25) is 0 Å². The van der Waals surface area contributed by atoms with Crippen LogP contribution in [-0.4, -0.2) is 18.5 Å². The predicted octanol–water partition coefficient (Wildman–Crippen LogP) is 3.14. The Bertz CT molecular complexity index is 659. The maximum Gasteiger partial charge on any atom is 0.306 e. The average Bonchev–Trinajstić information content (AvgIpc) is 3.00. The number of hydrogen-bond acceptors (Lipinski definition) is 4. The van der Waals surface area contributed by atoms with Crippen molar-refractivity contribution in [1.82, 2.24) is 0 Å². The molecule has 2 rings (SSSR count).